The van der Waals surface area contributed by atoms with Gasteiger partial charge in [-0.05, 0) is 36.1 Å². The van der Waals surface area contributed by atoms with E-state index < -0.39 is 5.97 Å². The van der Waals surface area contributed by atoms with Gasteiger partial charge in [-0.3, -0.25) is 9.59 Å². The largest absolute Gasteiger partial charge is 0.462 e. The van der Waals surface area contributed by atoms with E-state index in [2.05, 4.69) is 0 Å². The molecule has 1 aliphatic carbocycles. The van der Waals surface area contributed by atoms with Crippen molar-refractivity contribution in [1.29, 1.82) is 0 Å². The smallest absolute Gasteiger partial charge is 0.339 e. The van der Waals surface area contributed by atoms with E-state index >= 15 is 0 Å². The first kappa shape index (κ1) is 21.5. The summed E-state index contributed by atoms with van der Waals surface area (Å²) in [5, 5.41) is 0. The summed E-state index contributed by atoms with van der Waals surface area (Å²) in [6.07, 6.45) is 0. The molecule has 0 radical (unpaired) electrons. The number of fused-ring (bicyclic) bond motifs is 2. The number of ketones is 2. The molecule has 1 aliphatic rings. The van der Waals surface area contributed by atoms with E-state index in [0.29, 0.717) is 44.5 Å². The summed E-state index contributed by atoms with van der Waals surface area (Å²) in [5.41, 5.74) is 4.71. The Hall–Kier alpha value is -4.31. The molecule has 0 saturated heterocycles. The lowest BCUT2D eigenvalue weighted by Crippen LogP contribution is -2.25. The number of benzene rings is 4. The fourth-order valence-corrected chi connectivity index (χ4v) is 4.80. The van der Waals surface area contributed by atoms with Crippen LogP contribution in [0.4, 0.5) is 0 Å². The number of ether oxygens (including phenoxy) is 1. The topological polar surface area (TPSA) is 60.4 Å². The van der Waals surface area contributed by atoms with Crippen molar-refractivity contribution in [2.24, 2.45) is 0 Å². The molecule has 34 heavy (non-hydrogen) atoms. The van der Waals surface area contributed by atoms with Crippen LogP contribution in [0.25, 0.3) is 22.3 Å². The summed E-state index contributed by atoms with van der Waals surface area (Å²) in [6, 6.07) is 25.5. The molecular weight excluding hydrogens is 424 g/mol. The normalized spacial score (nSPS) is 12.2. The molecule has 0 heterocycles. The van der Waals surface area contributed by atoms with Crippen molar-refractivity contribution in [3.8, 4) is 22.3 Å². The third-order valence-electron chi connectivity index (χ3n) is 6.22. The quantitative estimate of drug-likeness (QED) is 0.305. The number of hydrogen-bond donors (Lipinski definition) is 0. The third-order valence-corrected chi connectivity index (χ3v) is 6.22. The molecule has 0 amide bonds. The molecule has 0 saturated carbocycles. The van der Waals surface area contributed by atoms with Crippen molar-refractivity contribution in [2.75, 3.05) is 6.61 Å². The molecule has 166 valence electrons. The highest BCUT2D eigenvalue weighted by atomic mass is 16.5. The zero-order chi connectivity index (χ0) is 23.8. The Morgan fingerprint density at radius 2 is 1.09 bits per heavy atom. The molecule has 0 aromatic heterocycles. The summed E-state index contributed by atoms with van der Waals surface area (Å²) in [6.45, 7) is 3.76. The van der Waals surface area contributed by atoms with Crippen LogP contribution in [0.15, 0.2) is 84.9 Å². The summed E-state index contributed by atoms with van der Waals surface area (Å²) in [7, 11) is 0. The van der Waals surface area contributed by atoms with E-state index in [0.717, 1.165) is 5.56 Å². The lowest BCUT2D eigenvalue weighted by Gasteiger charge is -2.27. The van der Waals surface area contributed by atoms with Crippen LogP contribution in [0.5, 0.6) is 0 Å². The number of esters is 1. The van der Waals surface area contributed by atoms with Crippen molar-refractivity contribution < 1.29 is 19.1 Å². The number of rotatable bonds is 4. The minimum Gasteiger partial charge on any atom is -0.462 e. The van der Waals surface area contributed by atoms with Crippen LogP contribution in [0, 0.1) is 6.92 Å². The number of carbonyl (C=O) groups is 3. The van der Waals surface area contributed by atoms with Gasteiger partial charge >= 0.3 is 5.97 Å². The average molecular weight is 447 g/mol. The minimum absolute atomic E-state index is 0.194. The molecule has 5 rings (SSSR count). The Labute approximate surface area is 197 Å². The second kappa shape index (κ2) is 8.56. The van der Waals surface area contributed by atoms with Gasteiger partial charge in [-0.2, -0.15) is 0 Å². The Kier molecular flexibility index (Phi) is 5.42. The molecule has 0 aliphatic heterocycles. The van der Waals surface area contributed by atoms with Gasteiger partial charge in [0.1, 0.15) is 0 Å². The van der Waals surface area contributed by atoms with Crippen molar-refractivity contribution in [3.63, 3.8) is 0 Å². The summed E-state index contributed by atoms with van der Waals surface area (Å²) >= 11 is 0. The molecule has 0 unspecified atom stereocenters. The minimum atomic E-state index is -0.516. The van der Waals surface area contributed by atoms with Gasteiger partial charge < -0.3 is 4.74 Å². The van der Waals surface area contributed by atoms with Gasteiger partial charge in [0.2, 0.25) is 0 Å². The van der Waals surface area contributed by atoms with Crippen LogP contribution in [-0.4, -0.2) is 24.1 Å². The van der Waals surface area contributed by atoms with E-state index in [-0.39, 0.29) is 23.7 Å². The molecule has 4 aromatic carbocycles. The Bertz CT molecular complexity index is 1450. The Morgan fingerprint density at radius 1 is 0.647 bits per heavy atom. The Balaban J connectivity index is 1.99. The van der Waals surface area contributed by atoms with Crippen LogP contribution in [-0.2, 0) is 4.74 Å². The van der Waals surface area contributed by atoms with E-state index in [4.69, 9.17) is 4.74 Å². The zero-order valence-corrected chi connectivity index (χ0v) is 18.9. The van der Waals surface area contributed by atoms with Crippen molar-refractivity contribution >= 4 is 17.5 Å². The molecule has 4 aromatic rings. The third kappa shape index (κ3) is 3.27. The van der Waals surface area contributed by atoms with Crippen LogP contribution in [0.3, 0.4) is 0 Å². The first-order chi connectivity index (χ1) is 16.5. The maximum Gasteiger partial charge on any atom is 0.339 e. The molecule has 4 heteroatoms. The molecule has 0 bridgehead atoms. The van der Waals surface area contributed by atoms with E-state index in [1.165, 1.54) is 0 Å². The maximum absolute atomic E-state index is 14.0. The highest BCUT2D eigenvalue weighted by Crippen LogP contribution is 2.44. The first-order valence-corrected chi connectivity index (χ1v) is 11.2. The maximum atomic E-state index is 14.0. The molecule has 0 N–H and O–H groups in total. The molecule has 0 fully saturated rings. The van der Waals surface area contributed by atoms with Crippen molar-refractivity contribution in [2.45, 2.75) is 13.8 Å². The highest BCUT2D eigenvalue weighted by molar-refractivity contribution is 6.33. The fraction of sp³-hybridized carbons (Fsp3) is 0.100. The van der Waals surface area contributed by atoms with Gasteiger partial charge in [-0.25, -0.2) is 4.79 Å². The SMILES string of the molecule is CCOC(=O)c1c(C)c(-c2ccccc2)c2c(c1-c1ccccc1)C(=O)c1ccccc1C2=O. The molecular formula is C30H22O4. The fourth-order valence-electron chi connectivity index (χ4n) is 4.80. The van der Waals surface area contributed by atoms with Gasteiger partial charge in [0, 0.05) is 27.8 Å². The summed E-state index contributed by atoms with van der Waals surface area (Å²) in [4.78, 5) is 41.2. The second-order valence-corrected chi connectivity index (χ2v) is 8.16. The standard InChI is InChI=1S/C30H22O4/c1-3-34-30(33)24-18(2)23(19-12-6-4-7-13-19)26-27(25(24)20-14-8-5-9-15-20)29(32)22-17-11-10-16-21(22)28(26)31/h4-17H,3H2,1-2H3. The van der Waals surface area contributed by atoms with E-state index in [9.17, 15) is 14.4 Å². The van der Waals surface area contributed by atoms with Gasteiger partial charge in [0.05, 0.1) is 12.2 Å². The van der Waals surface area contributed by atoms with E-state index in [1.54, 1.807) is 31.2 Å². The summed E-state index contributed by atoms with van der Waals surface area (Å²) in [5.74, 6) is -1.01. The molecule has 4 nitrogen and oxygen atoms in total. The zero-order valence-electron chi connectivity index (χ0n) is 18.9. The first-order valence-electron chi connectivity index (χ1n) is 11.2. The van der Waals surface area contributed by atoms with E-state index in [1.807, 2.05) is 67.6 Å². The van der Waals surface area contributed by atoms with Gasteiger partial charge in [-0.1, -0.05) is 84.9 Å². The average Bonchev–Trinajstić information content (AvgIpc) is 2.87. The monoisotopic (exact) mass is 446 g/mol. The van der Waals surface area contributed by atoms with Crippen LogP contribution in [0.2, 0.25) is 0 Å². The van der Waals surface area contributed by atoms with Gasteiger partial charge in [0.25, 0.3) is 0 Å². The predicted molar refractivity (Wildman–Crippen MR) is 131 cm³/mol. The van der Waals surface area contributed by atoms with Crippen LogP contribution >= 0.6 is 0 Å². The second-order valence-electron chi connectivity index (χ2n) is 8.16. The summed E-state index contributed by atoms with van der Waals surface area (Å²) < 4.78 is 5.45. The van der Waals surface area contributed by atoms with Gasteiger partial charge in [-0.15, -0.1) is 0 Å². The Morgan fingerprint density at radius 3 is 1.59 bits per heavy atom. The predicted octanol–water partition coefficient (Wildman–Crippen LogP) is 6.28. The van der Waals surface area contributed by atoms with Crippen molar-refractivity contribution in [1.82, 2.24) is 0 Å². The molecule has 0 atom stereocenters. The highest BCUT2D eigenvalue weighted by Gasteiger charge is 2.38. The van der Waals surface area contributed by atoms with Crippen LogP contribution in [0.1, 0.15) is 54.7 Å². The lowest BCUT2D eigenvalue weighted by molar-refractivity contribution is 0.0526. The van der Waals surface area contributed by atoms with Crippen LogP contribution < -0.4 is 0 Å². The molecule has 0 spiro atoms. The number of hydrogen-bond acceptors (Lipinski definition) is 4. The number of carbonyl (C=O) groups excluding carboxylic acids is 3. The lowest BCUT2D eigenvalue weighted by atomic mass is 9.73. The van der Waals surface area contributed by atoms with Crippen molar-refractivity contribution in [3.05, 3.63) is 118 Å². The van der Waals surface area contributed by atoms with Gasteiger partial charge in [0.15, 0.2) is 11.6 Å².